The molecule has 0 saturated carbocycles. The van der Waals surface area contributed by atoms with E-state index >= 15 is 0 Å². The second-order valence-corrected chi connectivity index (χ2v) is 7.95. The number of aromatic nitrogens is 1. The third kappa shape index (κ3) is 5.08. The highest BCUT2D eigenvalue weighted by Crippen LogP contribution is 2.36. The maximum Gasteiger partial charge on any atom is 0.387 e. The quantitative estimate of drug-likeness (QED) is 0.321. The fraction of sp³-hybridized carbons (Fsp3) is 0.250. The summed E-state index contributed by atoms with van der Waals surface area (Å²) in [6.07, 6.45) is 2.31. The van der Waals surface area contributed by atoms with E-state index in [9.17, 15) is 27.2 Å². The molecule has 1 amide bonds. The van der Waals surface area contributed by atoms with Crippen LogP contribution in [0, 0.1) is 5.92 Å². The Labute approximate surface area is 197 Å². The molecule has 0 aliphatic carbocycles. The van der Waals surface area contributed by atoms with Crippen molar-refractivity contribution in [3.8, 4) is 17.2 Å². The molecule has 182 valence electrons. The van der Waals surface area contributed by atoms with E-state index < -0.39 is 30.1 Å². The lowest BCUT2D eigenvalue weighted by molar-refractivity contribution is -0.128. The number of alkyl halides is 4. The molecule has 7 nitrogen and oxygen atoms in total. The Morgan fingerprint density at radius 1 is 1.23 bits per heavy atom. The minimum atomic E-state index is -3.10. The normalized spacial score (nSPS) is 16.1. The maximum absolute atomic E-state index is 13.6. The molecule has 0 saturated heterocycles. The molecule has 2 aromatic carbocycles. The van der Waals surface area contributed by atoms with Crippen LogP contribution in [-0.2, 0) is 21.9 Å². The Balaban J connectivity index is 1.59. The topological polar surface area (TPSA) is 85.0 Å². The number of benzene rings is 2. The van der Waals surface area contributed by atoms with Crippen molar-refractivity contribution >= 4 is 23.1 Å². The number of halogens is 4. The van der Waals surface area contributed by atoms with Gasteiger partial charge in [0.1, 0.15) is 17.9 Å². The number of carbonyl (C=O) groups excluding carboxylic acids is 2. The number of nitrogens with zero attached hydrogens (tertiary/aromatic N) is 3. The molecule has 2 heterocycles. The van der Waals surface area contributed by atoms with Crippen LogP contribution in [0.3, 0.4) is 0 Å². The van der Waals surface area contributed by atoms with Gasteiger partial charge in [-0.3, -0.25) is 9.59 Å². The van der Waals surface area contributed by atoms with Crippen LogP contribution in [0.25, 0.3) is 11.5 Å². The molecule has 0 fully saturated rings. The van der Waals surface area contributed by atoms with E-state index in [0.29, 0.717) is 5.56 Å². The smallest absolute Gasteiger partial charge is 0.387 e. The van der Waals surface area contributed by atoms with Crippen molar-refractivity contribution in [2.75, 3.05) is 5.01 Å². The molecule has 35 heavy (non-hydrogen) atoms. The SMILES string of the molecule is CC1=NN(c2ccc(OC(F)F)c(-c3ncco3)c2)C(=O)C1C(=O)Cc1cccc(C(C)(F)F)c1. The summed E-state index contributed by atoms with van der Waals surface area (Å²) in [5, 5.41) is 5.15. The van der Waals surface area contributed by atoms with Crippen molar-refractivity contribution in [1.82, 2.24) is 4.98 Å². The minimum Gasteiger partial charge on any atom is -0.444 e. The van der Waals surface area contributed by atoms with Crippen molar-refractivity contribution in [3.63, 3.8) is 0 Å². The fourth-order valence-corrected chi connectivity index (χ4v) is 3.75. The Bertz CT molecular complexity index is 1290. The Morgan fingerprint density at radius 2 is 2.00 bits per heavy atom. The van der Waals surface area contributed by atoms with Crippen LogP contribution in [0.2, 0.25) is 0 Å². The van der Waals surface area contributed by atoms with Gasteiger partial charge in [-0.15, -0.1) is 0 Å². The Kier molecular flexibility index (Phi) is 6.42. The number of Topliss-reactive ketones (excluding diaryl/α,β-unsaturated/α-hetero) is 1. The van der Waals surface area contributed by atoms with Crippen LogP contribution in [-0.4, -0.2) is 29.0 Å². The molecule has 4 rings (SSSR count). The number of carbonyl (C=O) groups is 2. The number of oxazole rings is 1. The molecule has 11 heteroatoms. The van der Waals surface area contributed by atoms with Gasteiger partial charge in [0.15, 0.2) is 5.78 Å². The molecule has 1 aliphatic heterocycles. The molecule has 1 aromatic heterocycles. The third-order valence-corrected chi connectivity index (χ3v) is 5.35. The number of hydrazone groups is 1. The van der Waals surface area contributed by atoms with Crippen LogP contribution in [0.4, 0.5) is 23.2 Å². The van der Waals surface area contributed by atoms with Gasteiger partial charge in [-0.05, 0) is 36.8 Å². The largest absolute Gasteiger partial charge is 0.444 e. The molecule has 1 atom stereocenters. The van der Waals surface area contributed by atoms with Crippen LogP contribution in [0.1, 0.15) is 25.0 Å². The summed E-state index contributed by atoms with van der Waals surface area (Å²) in [5.74, 6) is -5.71. The number of amides is 1. The van der Waals surface area contributed by atoms with Crippen molar-refractivity contribution in [3.05, 3.63) is 66.1 Å². The molecular weight excluding hydrogens is 470 g/mol. The first-order valence-corrected chi connectivity index (χ1v) is 10.4. The average molecular weight is 489 g/mol. The summed E-state index contributed by atoms with van der Waals surface area (Å²) in [4.78, 5) is 30.0. The zero-order chi connectivity index (χ0) is 25.3. The van der Waals surface area contributed by atoms with Crippen LogP contribution < -0.4 is 9.75 Å². The van der Waals surface area contributed by atoms with Gasteiger partial charge < -0.3 is 9.15 Å². The number of hydrogen-bond acceptors (Lipinski definition) is 6. The highest BCUT2D eigenvalue weighted by Gasteiger charge is 2.39. The first-order valence-electron chi connectivity index (χ1n) is 10.4. The van der Waals surface area contributed by atoms with Crippen molar-refractivity contribution in [2.45, 2.75) is 32.8 Å². The number of ketones is 1. The standard InChI is InChI=1S/C24H19F4N3O4/c1-13-20(18(32)11-14-4-3-5-15(10-14)24(2,27)28)22(33)31(30-13)16-6-7-19(35-23(25)26)17(12-16)21-29-8-9-34-21/h3-10,12,20,23H,11H2,1-2H3. The van der Waals surface area contributed by atoms with Gasteiger partial charge >= 0.3 is 6.61 Å². The van der Waals surface area contributed by atoms with E-state index in [2.05, 4.69) is 14.8 Å². The lowest BCUT2D eigenvalue weighted by Gasteiger charge is -2.16. The summed E-state index contributed by atoms with van der Waals surface area (Å²) in [6.45, 7) is -0.843. The highest BCUT2D eigenvalue weighted by atomic mass is 19.3. The van der Waals surface area contributed by atoms with Gasteiger partial charge in [0, 0.05) is 18.9 Å². The summed E-state index contributed by atoms with van der Waals surface area (Å²) in [6, 6.07) is 9.32. The lowest BCUT2D eigenvalue weighted by atomic mass is 9.93. The second kappa shape index (κ2) is 9.32. The molecule has 0 N–H and O–H groups in total. The van der Waals surface area contributed by atoms with E-state index in [-0.39, 0.29) is 40.6 Å². The van der Waals surface area contributed by atoms with Gasteiger partial charge in [0.25, 0.3) is 11.8 Å². The summed E-state index contributed by atoms with van der Waals surface area (Å²) >= 11 is 0. The molecule has 3 aromatic rings. The van der Waals surface area contributed by atoms with Crippen molar-refractivity contribution in [1.29, 1.82) is 0 Å². The molecule has 0 spiro atoms. The number of ether oxygens (including phenoxy) is 1. The first kappa shape index (κ1) is 24.1. The molecule has 0 bridgehead atoms. The van der Waals surface area contributed by atoms with Gasteiger partial charge in [-0.2, -0.15) is 18.9 Å². The predicted molar refractivity (Wildman–Crippen MR) is 117 cm³/mol. The Hall–Kier alpha value is -4.02. The average Bonchev–Trinajstić information content (AvgIpc) is 3.41. The highest BCUT2D eigenvalue weighted by molar-refractivity contribution is 6.27. The zero-order valence-electron chi connectivity index (χ0n) is 18.5. The van der Waals surface area contributed by atoms with Gasteiger partial charge in [-0.1, -0.05) is 18.2 Å². The van der Waals surface area contributed by atoms with Crippen LogP contribution in [0.5, 0.6) is 5.75 Å². The van der Waals surface area contributed by atoms with Crippen molar-refractivity contribution in [2.24, 2.45) is 11.0 Å². The van der Waals surface area contributed by atoms with E-state index in [0.717, 1.165) is 11.9 Å². The van der Waals surface area contributed by atoms with E-state index in [1.165, 1.54) is 61.8 Å². The number of anilines is 1. The summed E-state index contributed by atoms with van der Waals surface area (Å²) in [7, 11) is 0. The maximum atomic E-state index is 13.6. The van der Waals surface area contributed by atoms with Crippen LogP contribution in [0.15, 0.2) is 64.4 Å². The van der Waals surface area contributed by atoms with Gasteiger partial charge in [0.2, 0.25) is 5.89 Å². The van der Waals surface area contributed by atoms with Crippen LogP contribution >= 0.6 is 0 Å². The third-order valence-electron chi connectivity index (χ3n) is 5.35. The lowest BCUT2D eigenvalue weighted by Crippen LogP contribution is -2.33. The fourth-order valence-electron chi connectivity index (χ4n) is 3.75. The molecular formula is C24H19F4N3O4. The Morgan fingerprint density at radius 3 is 2.66 bits per heavy atom. The van der Waals surface area contributed by atoms with E-state index in [1.54, 1.807) is 0 Å². The summed E-state index contributed by atoms with van der Waals surface area (Å²) < 4.78 is 62.6. The minimum absolute atomic E-state index is 0.0184. The molecule has 0 radical (unpaired) electrons. The monoisotopic (exact) mass is 489 g/mol. The zero-order valence-corrected chi connectivity index (χ0v) is 18.5. The van der Waals surface area contributed by atoms with Crippen molar-refractivity contribution < 1.29 is 36.3 Å². The number of hydrogen-bond donors (Lipinski definition) is 0. The predicted octanol–water partition coefficient (Wildman–Crippen LogP) is 5.21. The van der Waals surface area contributed by atoms with E-state index in [4.69, 9.17) is 4.42 Å². The van der Waals surface area contributed by atoms with Gasteiger partial charge in [-0.25, -0.2) is 13.8 Å². The number of rotatable bonds is 8. The molecule has 1 unspecified atom stereocenters. The molecule has 1 aliphatic rings. The first-order chi connectivity index (χ1) is 16.5. The summed E-state index contributed by atoms with van der Waals surface area (Å²) in [5.41, 5.74) is 0.542. The van der Waals surface area contributed by atoms with E-state index in [1.807, 2.05) is 0 Å². The second-order valence-electron chi connectivity index (χ2n) is 7.95. The van der Waals surface area contributed by atoms with Gasteiger partial charge in [0.05, 0.1) is 23.2 Å².